The molecular formula is C14H17NO3S. The normalized spacial score (nSPS) is 10.1. The Bertz CT molecular complexity index is 526. The number of hydrogen-bond acceptors (Lipinski definition) is 5. The summed E-state index contributed by atoms with van der Waals surface area (Å²) in [7, 11) is 4.85. The number of thiophene rings is 1. The lowest BCUT2D eigenvalue weighted by atomic mass is 10.1. The molecule has 1 heterocycles. The maximum Gasteiger partial charge on any atom is 0.203 e. The summed E-state index contributed by atoms with van der Waals surface area (Å²) in [5.41, 5.74) is 2.12. The molecule has 102 valence electrons. The van der Waals surface area contributed by atoms with Crippen LogP contribution in [0.25, 0.3) is 0 Å². The van der Waals surface area contributed by atoms with Crippen molar-refractivity contribution in [3.05, 3.63) is 34.5 Å². The standard InChI is InChI=1S/C14H17NO3S/c1-16-12-5-4-10(13(17-2)14(12)18-3)8-15-11-6-7-19-9-11/h4-7,9,15H,8H2,1-3H3. The van der Waals surface area contributed by atoms with Crippen LogP contribution in [0.2, 0.25) is 0 Å². The van der Waals surface area contributed by atoms with Crippen LogP contribution in [0.4, 0.5) is 5.69 Å². The monoisotopic (exact) mass is 279 g/mol. The van der Waals surface area contributed by atoms with Crippen LogP contribution in [0, 0.1) is 0 Å². The average Bonchev–Trinajstić information content (AvgIpc) is 2.96. The van der Waals surface area contributed by atoms with E-state index in [9.17, 15) is 0 Å². The Morgan fingerprint density at radius 1 is 1.00 bits per heavy atom. The zero-order chi connectivity index (χ0) is 13.7. The average molecular weight is 279 g/mol. The second-order valence-corrected chi connectivity index (χ2v) is 4.64. The minimum atomic E-state index is 0.620. The quantitative estimate of drug-likeness (QED) is 0.880. The van der Waals surface area contributed by atoms with E-state index >= 15 is 0 Å². The van der Waals surface area contributed by atoms with Crippen molar-refractivity contribution in [2.75, 3.05) is 26.6 Å². The van der Waals surface area contributed by atoms with Crippen molar-refractivity contribution in [3.63, 3.8) is 0 Å². The third kappa shape index (κ3) is 2.93. The Balaban J connectivity index is 2.24. The number of nitrogens with one attached hydrogen (secondary N) is 1. The fourth-order valence-electron chi connectivity index (χ4n) is 1.86. The van der Waals surface area contributed by atoms with Crippen molar-refractivity contribution in [2.45, 2.75) is 6.54 Å². The van der Waals surface area contributed by atoms with Crippen LogP contribution in [0.3, 0.4) is 0 Å². The summed E-state index contributed by atoms with van der Waals surface area (Å²) in [6.45, 7) is 0.667. The van der Waals surface area contributed by atoms with Gasteiger partial charge in [-0.2, -0.15) is 11.3 Å². The van der Waals surface area contributed by atoms with Crippen LogP contribution >= 0.6 is 11.3 Å². The van der Waals surface area contributed by atoms with E-state index in [-0.39, 0.29) is 0 Å². The third-order valence-corrected chi connectivity index (χ3v) is 3.47. The number of rotatable bonds is 6. The molecule has 0 aliphatic carbocycles. The Labute approximate surface area is 116 Å². The zero-order valence-corrected chi connectivity index (χ0v) is 12.0. The van der Waals surface area contributed by atoms with Gasteiger partial charge in [0.05, 0.1) is 21.3 Å². The van der Waals surface area contributed by atoms with Gasteiger partial charge in [0.15, 0.2) is 11.5 Å². The van der Waals surface area contributed by atoms with Crippen molar-refractivity contribution in [1.82, 2.24) is 0 Å². The van der Waals surface area contributed by atoms with E-state index in [0.717, 1.165) is 11.3 Å². The highest BCUT2D eigenvalue weighted by Gasteiger charge is 2.15. The molecule has 0 fully saturated rings. The van der Waals surface area contributed by atoms with Crippen LogP contribution in [0.1, 0.15) is 5.56 Å². The Hall–Kier alpha value is -1.88. The SMILES string of the molecule is COc1ccc(CNc2ccsc2)c(OC)c1OC. The van der Waals surface area contributed by atoms with E-state index in [1.54, 1.807) is 32.7 Å². The molecule has 19 heavy (non-hydrogen) atoms. The number of methoxy groups -OCH3 is 3. The molecule has 0 unspecified atom stereocenters. The summed E-state index contributed by atoms with van der Waals surface area (Å²) >= 11 is 1.66. The number of ether oxygens (including phenoxy) is 3. The fraction of sp³-hybridized carbons (Fsp3) is 0.286. The first-order valence-electron chi connectivity index (χ1n) is 5.84. The number of hydrogen-bond donors (Lipinski definition) is 1. The molecule has 0 spiro atoms. The minimum absolute atomic E-state index is 0.620. The highest BCUT2D eigenvalue weighted by Crippen LogP contribution is 2.39. The smallest absolute Gasteiger partial charge is 0.203 e. The maximum atomic E-state index is 5.44. The Morgan fingerprint density at radius 2 is 1.79 bits per heavy atom. The molecule has 1 aromatic carbocycles. The first-order valence-corrected chi connectivity index (χ1v) is 6.78. The van der Waals surface area contributed by atoms with Crippen molar-refractivity contribution in [1.29, 1.82) is 0 Å². The van der Waals surface area contributed by atoms with Gasteiger partial charge in [0.1, 0.15) is 0 Å². The van der Waals surface area contributed by atoms with Gasteiger partial charge < -0.3 is 19.5 Å². The van der Waals surface area contributed by atoms with Crippen molar-refractivity contribution in [3.8, 4) is 17.2 Å². The molecule has 0 aliphatic rings. The summed E-state index contributed by atoms with van der Waals surface area (Å²) in [6, 6.07) is 5.89. The summed E-state index contributed by atoms with van der Waals surface area (Å²) in [4.78, 5) is 0. The van der Waals surface area contributed by atoms with Crippen LogP contribution in [0.5, 0.6) is 17.2 Å². The van der Waals surface area contributed by atoms with E-state index < -0.39 is 0 Å². The van der Waals surface area contributed by atoms with E-state index in [1.807, 2.05) is 23.6 Å². The molecular weight excluding hydrogens is 262 g/mol. The molecule has 5 heteroatoms. The fourth-order valence-corrected chi connectivity index (χ4v) is 2.48. The number of benzene rings is 1. The molecule has 0 radical (unpaired) electrons. The highest BCUT2D eigenvalue weighted by atomic mass is 32.1. The summed E-state index contributed by atoms with van der Waals surface area (Å²) in [6.07, 6.45) is 0. The molecule has 0 aliphatic heterocycles. The van der Waals surface area contributed by atoms with E-state index in [1.165, 1.54) is 0 Å². The lowest BCUT2D eigenvalue weighted by molar-refractivity contribution is 0.322. The van der Waals surface area contributed by atoms with Crippen molar-refractivity contribution >= 4 is 17.0 Å². The summed E-state index contributed by atoms with van der Waals surface area (Å²) in [5, 5.41) is 7.44. The lowest BCUT2D eigenvalue weighted by Gasteiger charge is -2.16. The second kappa shape index (κ2) is 6.33. The molecule has 0 saturated heterocycles. The van der Waals surface area contributed by atoms with E-state index in [0.29, 0.717) is 23.8 Å². The maximum absolute atomic E-state index is 5.44. The molecule has 0 bridgehead atoms. The summed E-state index contributed by atoms with van der Waals surface area (Å²) in [5.74, 6) is 1.98. The van der Waals surface area contributed by atoms with Gasteiger partial charge in [-0.15, -0.1) is 0 Å². The van der Waals surface area contributed by atoms with Gasteiger partial charge >= 0.3 is 0 Å². The molecule has 1 aromatic heterocycles. The van der Waals surface area contributed by atoms with Gasteiger partial charge in [0.25, 0.3) is 0 Å². The van der Waals surface area contributed by atoms with Gasteiger partial charge in [-0.05, 0) is 23.6 Å². The largest absolute Gasteiger partial charge is 0.493 e. The zero-order valence-electron chi connectivity index (χ0n) is 11.2. The molecule has 0 amide bonds. The molecule has 2 aromatic rings. The van der Waals surface area contributed by atoms with Crippen LogP contribution in [-0.4, -0.2) is 21.3 Å². The highest BCUT2D eigenvalue weighted by molar-refractivity contribution is 7.08. The summed E-state index contributed by atoms with van der Waals surface area (Å²) < 4.78 is 16.1. The van der Waals surface area contributed by atoms with Crippen molar-refractivity contribution < 1.29 is 14.2 Å². The molecule has 0 saturated carbocycles. The van der Waals surface area contributed by atoms with Crippen LogP contribution in [-0.2, 0) is 6.54 Å². The molecule has 1 N–H and O–H groups in total. The molecule has 0 atom stereocenters. The lowest BCUT2D eigenvalue weighted by Crippen LogP contribution is -2.03. The van der Waals surface area contributed by atoms with Crippen LogP contribution in [0.15, 0.2) is 29.0 Å². The minimum Gasteiger partial charge on any atom is -0.493 e. The first kappa shape index (κ1) is 13.5. The first-order chi connectivity index (χ1) is 9.30. The van der Waals surface area contributed by atoms with Gasteiger partial charge in [-0.3, -0.25) is 0 Å². The Morgan fingerprint density at radius 3 is 2.37 bits per heavy atom. The van der Waals surface area contributed by atoms with Gasteiger partial charge in [0.2, 0.25) is 5.75 Å². The second-order valence-electron chi connectivity index (χ2n) is 3.86. The van der Waals surface area contributed by atoms with Gasteiger partial charge in [0, 0.05) is 23.2 Å². The van der Waals surface area contributed by atoms with E-state index in [2.05, 4.69) is 10.7 Å². The van der Waals surface area contributed by atoms with Crippen molar-refractivity contribution in [2.24, 2.45) is 0 Å². The molecule has 2 rings (SSSR count). The molecule has 4 nitrogen and oxygen atoms in total. The predicted molar refractivity (Wildman–Crippen MR) is 77.7 cm³/mol. The number of anilines is 1. The third-order valence-electron chi connectivity index (χ3n) is 2.79. The van der Waals surface area contributed by atoms with Crippen LogP contribution < -0.4 is 19.5 Å². The van der Waals surface area contributed by atoms with Gasteiger partial charge in [-0.1, -0.05) is 0 Å². The Kier molecular flexibility index (Phi) is 4.52. The topological polar surface area (TPSA) is 39.7 Å². The van der Waals surface area contributed by atoms with Gasteiger partial charge in [-0.25, -0.2) is 0 Å². The predicted octanol–water partition coefficient (Wildman–Crippen LogP) is 3.39. The van der Waals surface area contributed by atoms with E-state index in [4.69, 9.17) is 14.2 Å².